The summed E-state index contributed by atoms with van der Waals surface area (Å²) in [4.78, 5) is 10.3. The zero-order valence-electron chi connectivity index (χ0n) is 10.3. The number of para-hydroxylation sites is 1. The molecule has 0 aliphatic heterocycles. The lowest BCUT2D eigenvalue weighted by Crippen LogP contribution is -2.02. The first kappa shape index (κ1) is 13.8. The number of nitrogens with one attached hydrogen (secondary N) is 1. The van der Waals surface area contributed by atoms with Crippen molar-refractivity contribution in [2.45, 2.75) is 6.54 Å². The van der Waals surface area contributed by atoms with E-state index in [0.717, 1.165) is 0 Å². The van der Waals surface area contributed by atoms with Gasteiger partial charge >= 0.3 is 0 Å². The molecule has 100 valence electrons. The Morgan fingerprint density at radius 1 is 1.30 bits per heavy atom. The average molecular weight is 288 g/mol. The first-order valence-electron chi connectivity index (χ1n) is 5.77. The fourth-order valence-electron chi connectivity index (χ4n) is 1.74. The summed E-state index contributed by atoms with van der Waals surface area (Å²) in [5.41, 5.74) is 1.76. The van der Waals surface area contributed by atoms with Gasteiger partial charge in [0.15, 0.2) is 0 Å². The smallest absolute Gasteiger partial charge is 0.269 e. The molecule has 0 aliphatic carbocycles. The third kappa shape index (κ3) is 3.05. The van der Waals surface area contributed by atoms with Gasteiger partial charge in [0.1, 0.15) is 6.07 Å². The summed E-state index contributed by atoms with van der Waals surface area (Å²) in [5, 5.41) is 23.2. The maximum atomic E-state index is 10.7. The molecule has 0 spiro atoms. The molecule has 20 heavy (non-hydrogen) atoms. The Balaban J connectivity index is 2.21. The first-order chi connectivity index (χ1) is 9.61. The number of non-ortho nitro benzene ring substituents is 1. The lowest BCUT2D eigenvalue weighted by molar-refractivity contribution is -0.384. The quantitative estimate of drug-likeness (QED) is 0.686. The molecule has 1 N–H and O–H groups in total. The Morgan fingerprint density at radius 3 is 2.75 bits per heavy atom. The zero-order chi connectivity index (χ0) is 14.5. The molecule has 0 unspecified atom stereocenters. The summed E-state index contributed by atoms with van der Waals surface area (Å²) in [6, 6.07) is 13.4. The molecule has 0 aliphatic rings. The van der Waals surface area contributed by atoms with E-state index in [1.165, 1.54) is 18.2 Å². The molecule has 0 bridgehead atoms. The largest absolute Gasteiger partial charge is 0.380 e. The van der Waals surface area contributed by atoms with Gasteiger partial charge in [-0.05, 0) is 23.8 Å². The van der Waals surface area contributed by atoms with Crippen molar-refractivity contribution >= 4 is 23.0 Å². The van der Waals surface area contributed by atoms with Crippen LogP contribution in [0.5, 0.6) is 0 Å². The van der Waals surface area contributed by atoms with E-state index < -0.39 is 4.92 Å². The minimum Gasteiger partial charge on any atom is -0.380 e. The minimum absolute atomic E-state index is 0.0141. The van der Waals surface area contributed by atoms with E-state index >= 15 is 0 Å². The van der Waals surface area contributed by atoms with E-state index in [1.54, 1.807) is 24.3 Å². The maximum absolute atomic E-state index is 10.7. The Morgan fingerprint density at radius 2 is 2.05 bits per heavy atom. The van der Waals surface area contributed by atoms with Gasteiger partial charge in [-0.1, -0.05) is 23.7 Å². The highest BCUT2D eigenvalue weighted by molar-refractivity contribution is 6.31. The van der Waals surface area contributed by atoms with Gasteiger partial charge in [0.2, 0.25) is 0 Å². The Bertz CT molecular complexity index is 695. The Hall–Kier alpha value is -2.58. The maximum Gasteiger partial charge on any atom is 0.269 e. The summed E-state index contributed by atoms with van der Waals surface area (Å²) in [7, 11) is 0. The van der Waals surface area contributed by atoms with E-state index in [2.05, 4.69) is 11.4 Å². The summed E-state index contributed by atoms with van der Waals surface area (Å²) in [6.07, 6.45) is 0. The topological polar surface area (TPSA) is 79.0 Å². The number of hydrogen-bond donors (Lipinski definition) is 1. The van der Waals surface area contributed by atoms with Gasteiger partial charge in [0.25, 0.3) is 5.69 Å². The van der Waals surface area contributed by atoms with Crippen LogP contribution in [0.4, 0.5) is 11.4 Å². The van der Waals surface area contributed by atoms with Gasteiger partial charge in [-0.2, -0.15) is 5.26 Å². The number of nitrogens with zero attached hydrogens (tertiary/aromatic N) is 2. The van der Waals surface area contributed by atoms with Crippen LogP contribution in [0.1, 0.15) is 11.1 Å². The van der Waals surface area contributed by atoms with Gasteiger partial charge in [-0.3, -0.25) is 10.1 Å². The molecule has 2 aromatic carbocycles. The van der Waals surface area contributed by atoms with E-state index in [-0.39, 0.29) is 5.69 Å². The van der Waals surface area contributed by atoms with Crippen molar-refractivity contribution in [3.63, 3.8) is 0 Å². The summed E-state index contributed by atoms with van der Waals surface area (Å²) >= 11 is 6.01. The van der Waals surface area contributed by atoms with E-state index in [4.69, 9.17) is 16.9 Å². The van der Waals surface area contributed by atoms with Gasteiger partial charge < -0.3 is 5.32 Å². The van der Waals surface area contributed by atoms with Crippen LogP contribution < -0.4 is 5.32 Å². The number of halogens is 1. The van der Waals surface area contributed by atoms with Gasteiger partial charge in [0, 0.05) is 23.7 Å². The second kappa shape index (κ2) is 6.04. The number of benzene rings is 2. The summed E-state index contributed by atoms with van der Waals surface area (Å²) in [5.74, 6) is 0. The molecule has 0 saturated carbocycles. The number of nitro benzene ring substituents is 1. The van der Waals surface area contributed by atoms with Crippen molar-refractivity contribution in [1.29, 1.82) is 5.26 Å². The van der Waals surface area contributed by atoms with Gasteiger partial charge in [-0.25, -0.2) is 0 Å². The molecule has 0 amide bonds. The predicted octanol–water partition coefficient (Wildman–Crippen LogP) is 3.73. The highest BCUT2D eigenvalue weighted by Crippen LogP contribution is 2.23. The molecule has 2 aromatic rings. The van der Waals surface area contributed by atoms with Crippen LogP contribution in [0.25, 0.3) is 0 Å². The van der Waals surface area contributed by atoms with Gasteiger partial charge in [-0.15, -0.1) is 0 Å². The van der Waals surface area contributed by atoms with Crippen LogP contribution in [0.3, 0.4) is 0 Å². The van der Waals surface area contributed by atoms with Crippen LogP contribution >= 0.6 is 11.6 Å². The molecule has 0 fully saturated rings. The van der Waals surface area contributed by atoms with Crippen LogP contribution in [0.2, 0.25) is 5.02 Å². The summed E-state index contributed by atoms with van der Waals surface area (Å²) < 4.78 is 0. The Labute approximate surface area is 120 Å². The first-order valence-corrected chi connectivity index (χ1v) is 6.15. The molecule has 0 saturated heterocycles. The highest BCUT2D eigenvalue weighted by Gasteiger charge is 2.10. The standard InChI is InChI=1S/C14H10ClN3O2/c15-13-6-5-12(18(19)20)7-11(13)9-17-14-4-2-1-3-10(14)8-16/h1-7,17H,9H2. The highest BCUT2D eigenvalue weighted by atomic mass is 35.5. The molecule has 0 heterocycles. The Kier molecular flexibility index (Phi) is 4.18. The molecule has 6 heteroatoms. The SMILES string of the molecule is N#Cc1ccccc1NCc1cc([N+](=O)[O-])ccc1Cl. The van der Waals surface area contributed by atoms with Crippen LogP contribution in [-0.2, 0) is 6.54 Å². The number of rotatable bonds is 4. The van der Waals surface area contributed by atoms with Crippen LogP contribution in [-0.4, -0.2) is 4.92 Å². The molecule has 0 atom stereocenters. The van der Waals surface area contributed by atoms with Gasteiger partial charge in [0.05, 0.1) is 16.2 Å². The lowest BCUT2D eigenvalue weighted by atomic mass is 10.1. The zero-order valence-corrected chi connectivity index (χ0v) is 11.1. The van der Waals surface area contributed by atoms with Crippen molar-refractivity contribution in [2.24, 2.45) is 0 Å². The second-order valence-corrected chi connectivity index (χ2v) is 4.45. The van der Waals surface area contributed by atoms with Crippen LogP contribution in [0.15, 0.2) is 42.5 Å². The predicted molar refractivity (Wildman–Crippen MR) is 76.6 cm³/mol. The third-order valence-corrected chi connectivity index (χ3v) is 3.13. The molecule has 5 nitrogen and oxygen atoms in total. The molecule has 0 radical (unpaired) electrons. The monoisotopic (exact) mass is 287 g/mol. The lowest BCUT2D eigenvalue weighted by Gasteiger charge is -2.09. The number of hydrogen-bond acceptors (Lipinski definition) is 4. The number of nitro groups is 1. The van der Waals surface area contributed by atoms with E-state index in [0.29, 0.717) is 28.4 Å². The molecule has 2 rings (SSSR count). The third-order valence-electron chi connectivity index (χ3n) is 2.76. The molecule has 0 aromatic heterocycles. The fraction of sp³-hybridized carbons (Fsp3) is 0.0714. The second-order valence-electron chi connectivity index (χ2n) is 4.04. The van der Waals surface area contributed by atoms with Crippen molar-refractivity contribution in [1.82, 2.24) is 0 Å². The average Bonchev–Trinajstić information content (AvgIpc) is 2.46. The van der Waals surface area contributed by atoms with Crippen LogP contribution in [0, 0.1) is 21.4 Å². The normalized spacial score (nSPS) is 9.80. The van der Waals surface area contributed by atoms with Crippen molar-refractivity contribution in [3.8, 4) is 6.07 Å². The minimum atomic E-state index is -0.469. The van der Waals surface area contributed by atoms with Crippen molar-refractivity contribution in [2.75, 3.05) is 5.32 Å². The summed E-state index contributed by atoms with van der Waals surface area (Å²) in [6.45, 7) is 0.305. The fourth-order valence-corrected chi connectivity index (χ4v) is 1.92. The molecular weight excluding hydrogens is 278 g/mol. The number of anilines is 1. The van der Waals surface area contributed by atoms with E-state index in [9.17, 15) is 10.1 Å². The van der Waals surface area contributed by atoms with Crippen molar-refractivity contribution < 1.29 is 4.92 Å². The molecular formula is C14H10ClN3O2. The van der Waals surface area contributed by atoms with Crippen molar-refractivity contribution in [3.05, 3.63) is 68.7 Å². The number of nitriles is 1. The van der Waals surface area contributed by atoms with E-state index in [1.807, 2.05) is 0 Å².